The molecule has 0 aliphatic heterocycles. The number of nitrogens with zero attached hydrogens (tertiary/aromatic N) is 3. The molecular formula is C25H29N3O4S2. The van der Waals surface area contributed by atoms with E-state index in [2.05, 4.69) is 10.9 Å². The number of unbranched alkanes of at least 4 members (excludes halogenated alkanes) is 1. The van der Waals surface area contributed by atoms with Gasteiger partial charge in [0.05, 0.1) is 22.7 Å². The monoisotopic (exact) mass is 499 g/mol. The van der Waals surface area contributed by atoms with Gasteiger partial charge in [0, 0.05) is 18.7 Å². The Labute approximate surface area is 204 Å². The van der Waals surface area contributed by atoms with E-state index >= 15 is 0 Å². The van der Waals surface area contributed by atoms with E-state index in [0.717, 1.165) is 23.1 Å². The van der Waals surface area contributed by atoms with Crippen LogP contribution in [0.25, 0.3) is 10.2 Å². The van der Waals surface area contributed by atoms with Gasteiger partial charge in [-0.05, 0) is 49.7 Å². The summed E-state index contributed by atoms with van der Waals surface area (Å²) in [6.07, 6.45) is 7.27. The van der Waals surface area contributed by atoms with Crippen molar-refractivity contribution in [2.45, 2.75) is 45.1 Å². The maximum atomic E-state index is 12.9. The number of sulfonamides is 1. The molecule has 2 aromatic carbocycles. The van der Waals surface area contributed by atoms with Crippen molar-refractivity contribution in [1.29, 1.82) is 0 Å². The third-order valence-electron chi connectivity index (χ3n) is 5.26. The molecule has 0 radical (unpaired) electrons. The third kappa shape index (κ3) is 5.41. The zero-order valence-electron chi connectivity index (χ0n) is 19.7. The van der Waals surface area contributed by atoms with Crippen molar-refractivity contribution in [3.8, 4) is 18.1 Å². The number of carbonyl (C=O) groups excluding carboxylic acids is 1. The lowest BCUT2D eigenvalue weighted by Gasteiger charge is -2.20. The van der Waals surface area contributed by atoms with Crippen molar-refractivity contribution in [2.75, 3.05) is 19.7 Å². The number of hydrogen-bond acceptors (Lipinski definition) is 5. The van der Waals surface area contributed by atoms with Crippen LogP contribution in [0, 0.1) is 12.3 Å². The molecule has 0 bridgehead atoms. The van der Waals surface area contributed by atoms with E-state index in [0.29, 0.717) is 35.8 Å². The van der Waals surface area contributed by atoms with Crippen molar-refractivity contribution >= 4 is 37.5 Å². The first-order valence-corrected chi connectivity index (χ1v) is 13.5. The predicted molar refractivity (Wildman–Crippen MR) is 135 cm³/mol. The first-order chi connectivity index (χ1) is 16.4. The maximum Gasteiger partial charge on any atom is 0.279 e. The van der Waals surface area contributed by atoms with Crippen LogP contribution in [0.4, 0.5) is 0 Å². The summed E-state index contributed by atoms with van der Waals surface area (Å²) in [5, 5.41) is 0. The number of ether oxygens (including phenoxy) is 1. The second-order valence-corrected chi connectivity index (χ2v) is 10.4. The number of amides is 1. The van der Waals surface area contributed by atoms with E-state index in [-0.39, 0.29) is 11.4 Å². The van der Waals surface area contributed by atoms with Gasteiger partial charge in [0.15, 0.2) is 4.80 Å². The summed E-state index contributed by atoms with van der Waals surface area (Å²) in [6.45, 7) is 7.33. The Bertz CT molecular complexity index is 1360. The Morgan fingerprint density at radius 1 is 1.18 bits per heavy atom. The molecule has 3 aromatic rings. The molecule has 0 N–H and O–H groups in total. The van der Waals surface area contributed by atoms with Gasteiger partial charge in [0.25, 0.3) is 5.91 Å². The summed E-state index contributed by atoms with van der Waals surface area (Å²) < 4.78 is 35.7. The van der Waals surface area contributed by atoms with E-state index in [4.69, 9.17) is 11.2 Å². The number of benzene rings is 2. The van der Waals surface area contributed by atoms with Gasteiger partial charge in [-0.25, -0.2) is 8.42 Å². The molecule has 9 heteroatoms. The van der Waals surface area contributed by atoms with E-state index in [1.54, 1.807) is 4.57 Å². The average molecular weight is 500 g/mol. The SMILES string of the molecule is C#CCn1c(=NC(=O)c2ccc(S(=O)(=O)N(CC)CCCC)cc2)sc2cccc(OCC)c21. The molecule has 0 aliphatic carbocycles. The van der Waals surface area contributed by atoms with Crippen LogP contribution < -0.4 is 9.54 Å². The quantitative estimate of drug-likeness (QED) is 0.390. The average Bonchev–Trinajstić information content (AvgIpc) is 3.17. The molecule has 0 saturated heterocycles. The number of hydrogen-bond donors (Lipinski definition) is 0. The Hall–Kier alpha value is -2.93. The molecule has 1 amide bonds. The molecule has 0 fully saturated rings. The highest BCUT2D eigenvalue weighted by Gasteiger charge is 2.22. The van der Waals surface area contributed by atoms with Gasteiger partial charge in [-0.1, -0.05) is 43.6 Å². The molecule has 7 nitrogen and oxygen atoms in total. The fraction of sp³-hybridized carbons (Fsp3) is 0.360. The molecule has 3 rings (SSSR count). The van der Waals surface area contributed by atoms with Gasteiger partial charge in [-0.2, -0.15) is 9.30 Å². The van der Waals surface area contributed by atoms with E-state index in [1.165, 1.54) is 39.9 Å². The smallest absolute Gasteiger partial charge is 0.279 e. The van der Waals surface area contributed by atoms with Gasteiger partial charge in [0.2, 0.25) is 10.0 Å². The summed E-state index contributed by atoms with van der Waals surface area (Å²) in [6, 6.07) is 11.6. The van der Waals surface area contributed by atoms with Gasteiger partial charge < -0.3 is 9.30 Å². The number of thiazole rings is 1. The Kier molecular flexibility index (Phi) is 8.67. The fourth-order valence-electron chi connectivity index (χ4n) is 3.55. The minimum absolute atomic E-state index is 0.160. The van der Waals surface area contributed by atoms with E-state index < -0.39 is 15.9 Å². The van der Waals surface area contributed by atoms with Crippen LogP contribution in [0.15, 0.2) is 52.4 Å². The van der Waals surface area contributed by atoms with Crippen molar-refractivity contribution in [3.05, 3.63) is 52.8 Å². The molecule has 1 heterocycles. The number of terminal acetylenes is 1. The molecule has 0 unspecified atom stereocenters. The Balaban J connectivity index is 1.97. The highest BCUT2D eigenvalue weighted by atomic mass is 32.2. The number of aromatic nitrogens is 1. The topological polar surface area (TPSA) is 81.0 Å². The van der Waals surface area contributed by atoms with E-state index in [9.17, 15) is 13.2 Å². The highest BCUT2D eigenvalue weighted by molar-refractivity contribution is 7.89. The number of carbonyl (C=O) groups is 1. The van der Waals surface area contributed by atoms with Crippen molar-refractivity contribution < 1.29 is 17.9 Å². The summed E-state index contributed by atoms with van der Waals surface area (Å²) >= 11 is 1.35. The van der Waals surface area contributed by atoms with E-state index in [1.807, 2.05) is 39.0 Å². The largest absolute Gasteiger partial charge is 0.492 e. The molecule has 0 aliphatic rings. The van der Waals surface area contributed by atoms with Crippen LogP contribution in [0.1, 0.15) is 44.0 Å². The van der Waals surface area contributed by atoms with Crippen LogP contribution in [0.5, 0.6) is 5.75 Å². The van der Waals surface area contributed by atoms with Gasteiger partial charge in [-0.15, -0.1) is 6.42 Å². The van der Waals surface area contributed by atoms with Gasteiger partial charge in [0.1, 0.15) is 11.3 Å². The normalized spacial score (nSPS) is 12.3. The summed E-state index contributed by atoms with van der Waals surface area (Å²) in [5.74, 6) is 2.82. The number of fused-ring (bicyclic) bond motifs is 1. The molecule has 0 atom stereocenters. The Morgan fingerprint density at radius 3 is 2.53 bits per heavy atom. The molecular weight excluding hydrogens is 470 g/mol. The van der Waals surface area contributed by atoms with Crippen molar-refractivity contribution in [3.63, 3.8) is 0 Å². The third-order valence-corrected chi connectivity index (χ3v) is 8.30. The first kappa shape index (κ1) is 25.7. The van der Waals surface area contributed by atoms with Gasteiger partial charge >= 0.3 is 0 Å². The van der Waals surface area contributed by atoms with Crippen LogP contribution in [-0.4, -0.2) is 42.9 Å². The van der Waals surface area contributed by atoms with Crippen LogP contribution in [0.2, 0.25) is 0 Å². The lowest BCUT2D eigenvalue weighted by Crippen LogP contribution is -2.31. The standard InChI is InChI=1S/C25H29N3O4S2/c1-5-9-18-27(7-3)34(30,31)20-15-13-19(14-16-20)24(29)26-25-28(17-6-2)23-21(32-8-4)11-10-12-22(23)33-25/h2,10-16H,5,7-9,17-18H2,1,3-4H3. The van der Waals surface area contributed by atoms with Crippen molar-refractivity contribution in [1.82, 2.24) is 8.87 Å². The minimum atomic E-state index is -3.61. The molecule has 180 valence electrons. The summed E-state index contributed by atoms with van der Waals surface area (Å²) in [7, 11) is -3.61. The molecule has 0 spiro atoms. The summed E-state index contributed by atoms with van der Waals surface area (Å²) in [5.41, 5.74) is 1.09. The molecule has 34 heavy (non-hydrogen) atoms. The zero-order chi connectivity index (χ0) is 24.7. The summed E-state index contributed by atoms with van der Waals surface area (Å²) in [4.78, 5) is 17.9. The zero-order valence-corrected chi connectivity index (χ0v) is 21.3. The second kappa shape index (κ2) is 11.5. The van der Waals surface area contributed by atoms with Crippen LogP contribution in [0.3, 0.4) is 0 Å². The van der Waals surface area contributed by atoms with Crippen molar-refractivity contribution in [2.24, 2.45) is 4.99 Å². The van der Waals surface area contributed by atoms with Crippen LogP contribution >= 0.6 is 11.3 Å². The molecule has 1 aromatic heterocycles. The highest BCUT2D eigenvalue weighted by Crippen LogP contribution is 2.27. The maximum absolute atomic E-state index is 12.9. The van der Waals surface area contributed by atoms with Gasteiger partial charge in [-0.3, -0.25) is 4.79 Å². The number of rotatable bonds is 10. The minimum Gasteiger partial charge on any atom is -0.492 e. The number of para-hydroxylation sites is 1. The molecule has 0 saturated carbocycles. The second-order valence-electron chi connectivity index (χ2n) is 7.50. The fourth-order valence-corrected chi connectivity index (χ4v) is 6.08. The predicted octanol–water partition coefficient (Wildman–Crippen LogP) is 4.29. The lowest BCUT2D eigenvalue weighted by atomic mass is 10.2. The van der Waals surface area contributed by atoms with Crippen LogP contribution in [-0.2, 0) is 16.6 Å². The lowest BCUT2D eigenvalue weighted by molar-refractivity contribution is 0.0997. The first-order valence-electron chi connectivity index (χ1n) is 11.2. The Morgan fingerprint density at radius 2 is 1.91 bits per heavy atom.